The van der Waals surface area contributed by atoms with Crippen molar-refractivity contribution in [3.8, 4) is 0 Å². The molecule has 0 aliphatic carbocycles. The van der Waals surface area contributed by atoms with E-state index in [0.29, 0.717) is 11.1 Å². The van der Waals surface area contributed by atoms with Crippen LogP contribution in [0.5, 0.6) is 0 Å². The van der Waals surface area contributed by atoms with Gasteiger partial charge in [-0.2, -0.15) is 13.2 Å². The van der Waals surface area contributed by atoms with Gasteiger partial charge in [0.1, 0.15) is 0 Å². The second-order valence-corrected chi connectivity index (χ2v) is 5.63. The zero-order valence-electron chi connectivity index (χ0n) is 15.0. The third-order valence-corrected chi connectivity index (χ3v) is 3.61. The Bertz CT molecular complexity index is 864. The Morgan fingerprint density at radius 1 is 1.11 bits per heavy atom. The maximum Gasteiger partial charge on any atom is 0.418 e. The topological polar surface area (TPSA) is 77.0 Å². The molecule has 0 fully saturated rings. The van der Waals surface area contributed by atoms with Gasteiger partial charge in [-0.3, -0.25) is 4.79 Å². The van der Waals surface area contributed by atoms with E-state index in [4.69, 9.17) is 4.84 Å². The van der Waals surface area contributed by atoms with Crippen LogP contribution in [0.4, 0.5) is 18.9 Å². The van der Waals surface area contributed by atoms with Gasteiger partial charge in [-0.05, 0) is 36.8 Å². The van der Waals surface area contributed by atoms with Gasteiger partial charge in [0.2, 0.25) is 6.10 Å². The van der Waals surface area contributed by atoms with E-state index in [0.717, 1.165) is 12.1 Å². The summed E-state index contributed by atoms with van der Waals surface area (Å²) < 4.78 is 43.4. The Morgan fingerprint density at radius 2 is 1.75 bits per heavy atom. The summed E-state index contributed by atoms with van der Waals surface area (Å²) in [5, 5.41) is 5.83. The lowest BCUT2D eigenvalue weighted by Gasteiger charge is -2.15. The van der Waals surface area contributed by atoms with Crippen LogP contribution in [-0.4, -0.2) is 31.3 Å². The third-order valence-electron chi connectivity index (χ3n) is 3.61. The van der Waals surface area contributed by atoms with Gasteiger partial charge in [0, 0.05) is 0 Å². The smallest absolute Gasteiger partial charge is 0.418 e. The van der Waals surface area contributed by atoms with Crippen molar-refractivity contribution in [2.24, 2.45) is 5.16 Å². The van der Waals surface area contributed by atoms with Crippen molar-refractivity contribution < 1.29 is 32.3 Å². The molecule has 0 radical (unpaired) electrons. The summed E-state index contributed by atoms with van der Waals surface area (Å²) in [6.45, 7) is 1.35. The van der Waals surface area contributed by atoms with E-state index in [9.17, 15) is 22.8 Å². The van der Waals surface area contributed by atoms with Crippen LogP contribution in [0.25, 0.3) is 0 Å². The molecule has 1 atom stereocenters. The van der Waals surface area contributed by atoms with Crippen LogP contribution < -0.4 is 5.32 Å². The molecule has 0 saturated carbocycles. The summed E-state index contributed by atoms with van der Waals surface area (Å²) in [5.74, 6) is -1.26. The number of hydrogen-bond acceptors (Lipinski definition) is 5. The Hall–Kier alpha value is -3.36. The van der Waals surface area contributed by atoms with E-state index in [1.54, 1.807) is 12.1 Å². The van der Waals surface area contributed by atoms with Crippen molar-refractivity contribution in [1.82, 2.24) is 0 Å². The molecule has 1 unspecified atom stereocenters. The number of alkyl halides is 3. The van der Waals surface area contributed by atoms with Gasteiger partial charge in [0.25, 0.3) is 5.91 Å². The molecule has 9 heteroatoms. The van der Waals surface area contributed by atoms with Crippen LogP contribution >= 0.6 is 0 Å². The van der Waals surface area contributed by atoms with Crippen LogP contribution in [0.1, 0.15) is 28.4 Å². The van der Waals surface area contributed by atoms with Crippen molar-refractivity contribution in [2.75, 3.05) is 12.4 Å². The first-order valence-corrected chi connectivity index (χ1v) is 8.07. The van der Waals surface area contributed by atoms with Crippen molar-refractivity contribution >= 4 is 23.8 Å². The summed E-state index contributed by atoms with van der Waals surface area (Å²) in [6, 6.07) is 10.9. The van der Waals surface area contributed by atoms with E-state index >= 15 is 0 Å². The molecule has 0 aromatic heterocycles. The number of halogens is 3. The summed E-state index contributed by atoms with van der Waals surface area (Å²) in [6.07, 6.45) is -4.43. The number of hydrogen-bond donors (Lipinski definition) is 1. The number of rotatable bonds is 6. The molecule has 0 saturated heterocycles. The van der Waals surface area contributed by atoms with E-state index in [2.05, 4.69) is 15.2 Å². The standard InChI is InChI=1S/C19H17F3N2O4/c1-12(17(25)24-16-6-4-3-5-15(16)19(20,21)22)28-23-11-13-7-9-14(10-8-13)18(26)27-2/h3-12H,1-2H3,(H,24,25)/b23-11+. The first kappa shape index (κ1) is 20.9. The van der Waals surface area contributed by atoms with Gasteiger partial charge >= 0.3 is 12.1 Å². The second kappa shape index (κ2) is 9.03. The maximum atomic E-state index is 13.0. The molecule has 2 aromatic rings. The van der Waals surface area contributed by atoms with Crippen LogP contribution in [-0.2, 0) is 20.5 Å². The van der Waals surface area contributed by atoms with Gasteiger partial charge in [-0.25, -0.2) is 4.79 Å². The highest BCUT2D eigenvalue weighted by atomic mass is 19.4. The van der Waals surface area contributed by atoms with Gasteiger partial charge in [0.05, 0.1) is 30.1 Å². The third kappa shape index (κ3) is 5.57. The van der Waals surface area contributed by atoms with E-state index in [-0.39, 0.29) is 5.69 Å². The fraction of sp³-hybridized carbons (Fsp3) is 0.211. The highest BCUT2D eigenvalue weighted by Gasteiger charge is 2.34. The van der Waals surface area contributed by atoms with Crippen molar-refractivity contribution in [3.05, 3.63) is 65.2 Å². The molecule has 2 rings (SSSR count). The minimum atomic E-state index is -4.59. The number of amides is 1. The van der Waals surface area contributed by atoms with Gasteiger partial charge in [-0.1, -0.05) is 29.4 Å². The number of esters is 1. The number of methoxy groups -OCH3 is 1. The molecule has 6 nitrogen and oxygen atoms in total. The SMILES string of the molecule is COC(=O)c1ccc(/C=N/OC(C)C(=O)Nc2ccccc2C(F)(F)F)cc1. The fourth-order valence-corrected chi connectivity index (χ4v) is 2.13. The monoisotopic (exact) mass is 394 g/mol. The van der Waals surface area contributed by atoms with Gasteiger partial charge in [-0.15, -0.1) is 0 Å². The lowest BCUT2D eigenvalue weighted by atomic mass is 10.1. The minimum Gasteiger partial charge on any atom is -0.465 e. The predicted octanol–water partition coefficient (Wildman–Crippen LogP) is 3.87. The number of nitrogens with one attached hydrogen (secondary N) is 1. The van der Waals surface area contributed by atoms with Gasteiger partial charge in [0.15, 0.2) is 0 Å². The molecule has 0 aliphatic rings. The molecule has 1 amide bonds. The van der Waals surface area contributed by atoms with Crippen molar-refractivity contribution in [2.45, 2.75) is 19.2 Å². The zero-order valence-corrected chi connectivity index (χ0v) is 15.0. The molecule has 0 aliphatic heterocycles. The number of carbonyl (C=O) groups excluding carboxylic acids is 2. The van der Waals surface area contributed by atoms with E-state index in [1.807, 2.05) is 0 Å². The van der Waals surface area contributed by atoms with Crippen LogP contribution in [0.15, 0.2) is 53.7 Å². The molecular formula is C19H17F3N2O4. The molecule has 2 aromatic carbocycles. The largest absolute Gasteiger partial charge is 0.465 e. The molecule has 0 heterocycles. The lowest BCUT2D eigenvalue weighted by molar-refractivity contribution is -0.137. The zero-order chi connectivity index (χ0) is 20.7. The van der Waals surface area contributed by atoms with Crippen molar-refractivity contribution in [1.29, 1.82) is 0 Å². The number of carbonyl (C=O) groups is 2. The number of oxime groups is 1. The second-order valence-electron chi connectivity index (χ2n) is 5.63. The average Bonchev–Trinajstić information content (AvgIpc) is 2.67. The number of nitrogens with zero attached hydrogens (tertiary/aromatic N) is 1. The number of para-hydroxylation sites is 1. The molecular weight excluding hydrogens is 377 g/mol. The normalized spacial score (nSPS) is 12.5. The fourth-order valence-electron chi connectivity index (χ4n) is 2.13. The Morgan fingerprint density at radius 3 is 2.36 bits per heavy atom. The van der Waals surface area contributed by atoms with E-state index in [1.165, 1.54) is 44.5 Å². The van der Waals surface area contributed by atoms with E-state index < -0.39 is 29.7 Å². The Kier molecular flexibility index (Phi) is 6.75. The van der Waals surface area contributed by atoms with Crippen LogP contribution in [0.2, 0.25) is 0 Å². The molecule has 0 bridgehead atoms. The Balaban J connectivity index is 1.96. The summed E-state index contributed by atoms with van der Waals surface area (Å²) in [4.78, 5) is 28.4. The van der Waals surface area contributed by atoms with Crippen LogP contribution in [0, 0.1) is 0 Å². The quantitative estimate of drug-likeness (QED) is 0.458. The molecule has 28 heavy (non-hydrogen) atoms. The first-order chi connectivity index (χ1) is 13.2. The molecule has 148 valence electrons. The van der Waals surface area contributed by atoms with Crippen LogP contribution in [0.3, 0.4) is 0 Å². The summed E-state index contributed by atoms with van der Waals surface area (Å²) in [5.41, 5.74) is -0.373. The average molecular weight is 394 g/mol. The minimum absolute atomic E-state index is 0.358. The highest BCUT2D eigenvalue weighted by Crippen LogP contribution is 2.34. The van der Waals surface area contributed by atoms with Crippen molar-refractivity contribution in [3.63, 3.8) is 0 Å². The highest BCUT2D eigenvalue weighted by molar-refractivity contribution is 5.94. The van der Waals surface area contributed by atoms with Gasteiger partial charge < -0.3 is 14.9 Å². The number of ether oxygens (including phenoxy) is 1. The summed E-state index contributed by atoms with van der Waals surface area (Å²) in [7, 11) is 1.27. The number of benzene rings is 2. The number of anilines is 1. The lowest BCUT2D eigenvalue weighted by Crippen LogP contribution is -2.27. The first-order valence-electron chi connectivity index (χ1n) is 8.07. The Labute approximate surface area is 158 Å². The maximum absolute atomic E-state index is 13.0. The molecule has 0 spiro atoms. The molecule has 1 N–H and O–H groups in total. The summed E-state index contributed by atoms with van der Waals surface area (Å²) >= 11 is 0. The predicted molar refractivity (Wildman–Crippen MR) is 96.0 cm³/mol.